The van der Waals surface area contributed by atoms with E-state index >= 15 is 0 Å². The topological polar surface area (TPSA) is 153 Å². The maximum atomic E-state index is 11.3. The first-order valence-corrected chi connectivity index (χ1v) is 16.8. The summed E-state index contributed by atoms with van der Waals surface area (Å²) in [5.41, 5.74) is 0.485. The molecule has 9 atom stereocenters. The number of aliphatic hydroxyl groups excluding tert-OH is 1. The van der Waals surface area contributed by atoms with Crippen molar-refractivity contribution < 1.29 is 39.4 Å². The molecule has 0 aliphatic heterocycles. The Morgan fingerprint density at radius 2 is 1.76 bits per heavy atom. The van der Waals surface area contributed by atoms with Crippen molar-refractivity contribution in [3.05, 3.63) is 11.6 Å². The molecule has 0 saturated heterocycles. The minimum absolute atomic E-state index is 0.00141. The van der Waals surface area contributed by atoms with Crippen LogP contribution in [0.15, 0.2) is 11.6 Å². The maximum Gasteiger partial charge on any atom is 0.217 e. The van der Waals surface area contributed by atoms with Crippen LogP contribution in [0.2, 0.25) is 0 Å². The van der Waals surface area contributed by atoms with Gasteiger partial charge in [0.05, 0.1) is 18.8 Å². The first kappa shape index (κ1) is 30.4. The van der Waals surface area contributed by atoms with Crippen molar-refractivity contribution in [1.29, 1.82) is 0 Å². The Bertz CT molecular complexity index is 1100. The van der Waals surface area contributed by atoms with Crippen LogP contribution >= 0.6 is 0 Å². The maximum absolute atomic E-state index is 11.3. The second kappa shape index (κ2) is 11.0. The summed E-state index contributed by atoms with van der Waals surface area (Å²) in [5.74, 6) is 1.80. The molecule has 0 radical (unpaired) electrons. The molecule has 4 rings (SSSR count). The number of fused-ring (bicyclic) bond motifs is 5. The van der Waals surface area contributed by atoms with Gasteiger partial charge in [-0.25, -0.2) is 16.8 Å². The summed E-state index contributed by atoms with van der Waals surface area (Å²) in [6, 6.07) is 0. The summed E-state index contributed by atoms with van der Waals surface area (Å²) < 4.78 is 77.1. The Labute approximate surface area is 228 Å². The fourth-order valence-electron chi connectivity index (χ4n) is 9.10. The van der Waals surface area contributed by atoms with E-state index in [2.05, 4.69) is 33.8 Å². The standard InChI is InChI=1S/C27H46O9S2/c1-17(2)6-5-7-18(16-35-37(29,30)31)22-10-11-23-21-9-8-19-14-20(36-38(32,33)34)15-25(28)27(19,4)24(21)12-13-26(22,23)3/h8,17-18,20-25,28H,5-7,9-16H2,1-4H3,(H,29,30,31)(H,32,33,34)/p-2/t18-,20?,21-,22+,23-,24-,25?,26+,27-/m0/s1. The summed E-state index contributed by atoms with van der Waals surface area (Å²) in [7, 11) is -9.60. The summed E-state index contributed by atoms with van der Waals surface area (Å²) in [5, 5.41) is 11.3. The second-order valence-corrected chi connectivity index (χ2v) is 15.3. The molecule has 0 amide bonds. The van der Waals surface area contributed by atoms with Crippen molar-refractivity contribution in [2.24, 2.45) is 46.3 Å². The molecule has 38 heavy (non-hydrogen) atoms. The van der Waals surface area contributed by atoms with E-state index in [1.807, 2.05) is 0 Å². The molecule has 1 N–H and O–H groups in total. The van der Waals surface area contributed by atoms with E-state index in [9.17, 15) is 31.0 Å². The number of hydrogen-bond acceptors (Lipinski definition) is 9. The fourth-order valence-corrected chi connectivity index (χ4v) is 9.92. The molecule has 0 aromatic carbocycles. The third-order valence-electron chi connectivity index (χ3n) is 10.8. The van der Waals surface area contributed by atoms with Gasteiger partial charge in [-0.15, -0.1) is 0 Å². The van der Waals surface area contributed by atoms with Gasteiger partial charge in [0.1, 0.15) is 0 Å². The Kier molecular flexibility index (Phi) is 8.82. The van der Waals surface area contributed by atoms with Gasteiger partial charge in [0.2, 0.25) is 20.8 Å². The monoisotopic (exact) mass is 576 g/mol. The van der Waals surface area contributed by atoms with Gasteiger partial charge in [-0.3, -0.25) is 8.37 Å². The lowest BCUT2D eigenvalue weighted by atomic mass is 9.46. The van der Waals surface area contributed by atoms with Gasteiger partial charge in [-0.05, 0) is 85.9 Å². The highest BCUT2D eigenvalue weighted by Crippen LogP contribution is 2.67. The lowest BCUT2D eigenvalue weighted by Gasteiger charge is -2.59. The summed E-state index contributed by atoms with van der Waals surface area (Å²) in [4.78, 5) is 0. The van der Waals surface area contributed by atoms with Crippen LogP contribution in [0.5, 0.6) is 0 Å². The number of hydrogen-bond donors (Lipinski definition) is 1. The molecule has 4 aliphatic carbocycles. The van der Waals surface area contributed by atoms with Gasteiger partial charge in [0.15, 0.2) is 0 Å². The van der Waals surface area contributed by atoms with E-state index in [0.29, 0.717) is 24.2 Å². The van der Waals surface area contributed by atoms with Crippen LogP contribution in [0.3, 0.4) is 0 Å². The molecule has 220 valence electrons. The van der Waals surface area contributed by atoms with E-state index in [1.54, 1.807) is 0 Å². The van der Waals surface area contributed by atoms with Crippen LogP contribution in [-0.2, 0) is 29.2 Å². The Hall–Kier alpha value is -0.560. The summed E-state index contributed by atoms with van der Waals surface area (Å²) >= 11 is 0. The zero-order chi connectivity index (χ0) is 28.1. The lowest BCUT2D eigenvalue weighted by Crippen LogP contribution is -2.56. The van der Waals surface area contributed by atoms with Crippen LogP contribution in [-0.4, -0.2) is 49.9 Å². The third kappa shape index (κ3) is 6.19. The SMILES string of the molecule is CC(C)CCC[C@@H](COS(=O)(=O)[O-])[C@H]1CC[C@H]2[C@@H]3CC=C4CC(OS(=O)(=O)[O-])CC(O)[C@]4(C)[C@H]3CC[C@]12C. The smallest absolute Gasteiger partial charge is 0.217 e. The van der Waals surface area contributed by atoms with Crippen molar-refractivity contribution in [3.63, 3.8) is 0 Å². The first-order valence-electron chi connectivity index (χ1n) is 14.2. The molecule has 0 aromatic rings. The minimum Gasteiger partial charge on any atom is -0.726 e. The van der Waals surface area contributed by atoms with E-state index in [4.69, 9.17) is 8.37 Å². The molecular weight excluding hydrogens is 532 g/mol. The van der Waals surface area contributed by atoms with Gasteiger partial charge >= 0.3 is 0 Å². The van der Waals surface area contributed by atoms with Crippen molar-refractivity contribution in [2.45, 2.75) is 104 Å². The average molecular weight is 577 g/mol. The minimum atomic E-state index is -4.84. The normalized spacial score (nSPS) is 40.3. The number of aliphatic hydroxyl groups is 1. The quantitative estimate of drug-likeness (QED) is 0.228. The van der Waals surface area contributed by atoms with Crippen LogP contribution in [0, 0.1) is 46.3 Å². The molecule has 0 spiro atoms. The van der Waals surface area contributed by atoms with Crippen molar-refractivity contribution in [2.75, 3.05) is 6.61 Å². The van der Waals surface area contributed by atoms with Crippen molar-refractivity contribution in [1.82, 2.24) is 0 Å². The van der Waals surface area contributed by atoms with E-state index in [1.165, 1.54) is 0 Å². The molecule has 0 aromatic heterocycles. The molecule has 4 aliphatic rings. The molecule has 0 heterocycles. The summed E-state index contributed by atoms with van der Waals surface area (Å²) in [6.45, 7) is 8.69. The highest BCUT2D eigenvalue weighted by atomic mass is 32.3. The van der Waals surface area contributed by atoms with Crippen molar-refractivity contribution in [3.8, 4) is 0 Å². The molecule has 11 heteroatoms. The fraction of sp³-hybridized carbons (Fsp3) is 0.926. The average Bonchev–Trinajstić information content (AvgIpc) is 3.12. The zero-order valence-corrected chi connectivity index (χ0v) is 24.6. The van der Waals surface area contributed by atoms with Gasteiger partial charge in [-0.1, -0.05) is 52.2 Å². The molecule has 9 nitrogen and oxygen atoms in total. The molecule has 3 saturated carbocycles. The highest BCUT2D eigenvalue weighted by Gasteiger charge is 2.61. The first-order chi connectivity index (χ1) is 17.5. The predicted molar refractivity (Wildman–Crippen MR) is 139 cm³/mol. The van der Waals surface area contributed by atoms with E-state index < -0.39 is 38.4 Å². The van der Waals surface area contributed by atoms with Gasteiger partial charge in [0.25, 0.3) is 0 Å². The molecular formula is C27H44O9S2-2. The van der Waals surface area contributed by atoms with E-state index in [-0.39, 0.29) is 36.2 Å². The Morgan fingerprint density at radius 1 is 1.05 bits per heavy atom. The van der Waals surface area contributed by atoms with Crippen LogP contribution in [0.1, 0.15) is 91.9 Å². The molecule has 3 fully saturated rings. The van der Waals surface area contributed by atoms with Crippen LogP contribution < -0.4 is 0 Å². The van der Waals surface area contributed by atoms with Gasteiger partial charge in [-0.2, -0.15) is 0 Å². The predicted octanol–water partition coefficient (Wildman–Crippen LogP) is 4.30. The van der Waals surface area contributed by atoms with Gasteiger partial charge < -0.3 is 14.2 Å². The largest absolute Gasteiger partial charge is 0.726 e. The van der Waals surface area contributed by atoms with Crippen LogP contribution in [0.4, 0.5) is 0 Å². The number of rotatable bonds is 10. The van der Waals surface area contributed by atoms with Crippen molar-refractivity contribution >= 4 is 20.8 Å². The number of allylic oxidation sites excluding steroid dienone is 1. The van der Waals surface area contributed by atoms with Gasteiger partial charge in [0, 0.05) is 11.8 Å². The molecule has 2 unspecified atom stereocenters. The Morgan fingerprint density at radius 3 is 2.39 bits per heavy atom. The highest BCUT2D eigenvalue weighted by molar-refractivity contribution is 7.81. The Balaban J connectivity index is 1.55. The zero-order valence-electron chi connectivity index (χ0n) is 23.0. The van der Waals surface area contributed by atoms with E-state index in [0.717, 1.165) is 56.9 Å². The summed E-state index contributed by atoms with van der Waals surface area (Å²) in [6.07, 6.45) is 8.45. The molecule has 0 bridgehead atoms. The third-order valence-corrected chi connectivity index (χ3v) is 11.8. The van der Waals surface area contributed by atoms with Crippen LogP contribution in [0.25, 0.3) is 0 Å². The second-order valence-electron chi connectivity index (χ2n) is 13.2. The lowest BCUT2D eigenvalue weighted by molar-refractivity contribution is -0.107.